The molecule has 9 heteroatoms. The molecule has 5 nitrogen and oxygen atoms in total. The molecule has 2 aromatic rings. The summed E-state index contributed by atoms with van der Waals surface area (Å²) in [7, 11) is -2.40. The Bertz CT molecular complexity index is 1070. The zero-order chi connectivity index (χ0) is 24.1. The predicted octanol–water partition coefficient (Wildman–Crippen LogP) is 5.91. The second-order valence-electron chi connectivity index (χ2n) is 7.66. The molecule has 2 aromatic carbocycles. The van der Waals surface area contributed by atoms with Crippen LogP contribution in [0.2, 0.25) is 0 Å². The smallest absolute Gasteiger partial charge is 0.364 e. The topological polar surface area (TPSA) is 70.6 Å². The molecule has 32 heavy (non-hydrogen) atoms. The Labute approximate surface area is 186 Å². The van der Waals surface area contributed by atoms with Gasteiger partial charge in [0.25, 0.3) is 0 Å². The maximum Gasteiger partial charge on any atom is 0.419 e. The largest absolute Gasteiger partial charge is 0.419 e. The average Bonchev–Trinajstić information content (AvgIpc) is 2.67. The van der Waals surface area contributed by atoms with E-state index in [0.29, 0.717) is 22.2 Å². The van der Waals surface area contributed by atoms with Crippen molar-refractivity contribution in [3.8, 4) is 0 Å². The lowest BCUT2D eigenvalue weighted by Gasteiger charge is -2.19. The van der Waals surface area contributed by atoms with E-state index in [0.717, 1.165) is 6.08 Å². The Morgan fingerprint density at radius 3 is 2.22 bits per heavy atom. The number of rotatable bonds is 7. The lowest BCUT2D eigenvalue weighted by Crippen LogP contribution is -2.28. The van der Waals surface area contributed by atoms with Crippen molar-refractivity contribution >= 4 is 35.4 Å². The molecule has 1 unspecified atom stereocenters. The van der Waals surface area contributed by atoms with Crippen LogP contribution in [0.25, 0.3) is 0 Å². The highest BCUT2D eigenvalue weighted by atomic mass is 31.2. The normalized spacial score (nSPS) is 14.1. The van der Waals surface area contributed by atoms with Crippen LogP contribution in [-0.2, 0) is 4.57 Å². The highest BCUT2D eigenvalue weighted by Crippen LogP contribution is 2.34. The molecule has 0 spiro atoms. The Morgan fingerprint density at radius 2 is 1.72 bits per heavy atom. The molecule has 0 aliphatic heterocycles. The monoisotopic (exact) mass is 465 g/mol. The molecule has 0 fully saturated rings. The third kappa shape index (κ3) is 7.09. The number of hydrogen-bond donors (Lipinski definition) is 2. The molecule has 0 amide bonds. The van der Waals surface area contributed by atoms with E-state index >= 15 is 0 Å². The molecule has 0 aliphatic rings. The van der Waals surface area contributed by atoms with Gasteiger partial charge in [-0.25, -0.2) is 4.99 Å². The first-order valence-electron chi connectivity index (χ1n) is 9.93. The van der Waals surface area contributed by atoms with Crippen molar-refractivity contribution in [1.82, 2.24) is 0 Å². The molecule has 2 rings (SSSR count). The number of allylic oxidation sites excluding steroid dienone is 1. The summed E-state index contributed by atoms with van der Waals surface area (Å²) in [6.45, 7) is 7.62. The average molecular weight is 465 g/mol. The zero-order valence-corrected chi connectivity index (χ0v) is 19.5. The summed E-state index contributed by atoms with van der Waals surface area (Å²) in [5.41, 5.74) is 0.398. The molecule has 0 saturated heterocycles. The van der Waals surface area contributed by atoms with Gasteiger partial charge in [-0.3, -0.25) is 4.79 Å². The summed E-state index contributed by atoms with van der Waals surface area (Å²) in [4.78, 5) is 15.8. The van der Waals surface area contributed by atoms with E-state index in [9.17, 15) is 22.5 Å². The van der Waals surface area contributed by atoms with Crippen molar-refractivity contribution in [3.05, 3.63) is 65.7 Å². The van der Waals surface area contributed by atoms with Crippen molar-refractivity contribution in [2.75, 3.05) is 24.0 Å². The van der Waals surface area contributed by atoms with E-state index in [1.54, 1.807) is 62.7 Å². The first kappa shape index (κ1) is 25.4. The number of ketones is 1. The Balaban J connectivity index is 2.35. The number of carbonyl (C=O) groups excluding carboxylic acids is 1. The maximum atomic E-state index is 13.6. The minimum Gasteiger partial charge on any atom is -0.364 e. The van der Waals surface area contributed by atoms with Gasteiger partial charge >= 0.3 is 6.18 Å². The van der Waals surface area contributed by atoms with Crippen molar-refractivity contribution < 1.29 is 22.5 Å². The summed E-state index contributed by atoms with van der Waals surface area (Å²) in [5, 5.41) is 6.45. The van der Waals surface area contributed by atoms with E-state index in [4.69, 9.17) is 0 Å². The molecule has 2 N–H and O–H groups in total. The number of nitrogens with zero attached hydrogens (tertiary/aromatic N) is 1. The predicted molar refractivity (Wildman–Crippen MR) is 126 cm³/mol. The molecular weight excluding hydrogens is 438 g/mol. The van der Waals surface area contributed by atoms with Gasteiger partial charge in [0.05, 0.1) is 5.57 Å². The highest BCUT2D eigenvalue weighted by Gasteiger charge is 2.36. The van der Waals surface area contributed by atoms with Gasteiger partial charge < -0.3 is 15.2 Å². The van der Waals surface area contributed by atoms with E-state index in [1.165, 1.54) is 19.9 Å². The lowest BCUT2D eigenvalue weighted by atomic mass is 10.1. The Kier molecular flexibility index (Phi) is 8.07. The van der Waals surface area contributed by atoms with Crippen LogP contribution in [0.1, 0.15) is 31.1 Å². The van der Waals surface area contributed by atoms with Gasteiger partial charge in [-0.2, -0.15) is 13.2 Å². The summed E-state index contributed by atoms with van der Waals surface area (Å²) < 4.78 is 53.0. The molecule has 0 aliphatic carbocycles. The third-order valence-electron chi connectivity index (χ3n) is 4.57. The lowest BCUT2D eigenvalue weighted by molar-refractivity contribution is -0.0862. The number of nitrogens with one attached hydrogen (secondary N) is 2. The van der Waals surface area contributed by atoms with Crippen LogP contribution in [0.4, 0.5) is 24.5 Å². The number of amidine groups is 1. The van der Waals surface area contributed by atoms with E-state index < -0.39 is 25.1 Å². The van der Waals surface area contributed by atoms with Gasteiger partial charge in [-0.1, -0.05) is 18.2 Å². The first-order valence-corrected chi connectivity index (χ1v) is 12.5. The van der Waals surface area contributed by atoms with Gasteiger partial charge in [0.1, 0.15) is 19.1 Å². The van der Waals surface area contributed by atoms with Crippen molar-refractivity contribution in [3.63, 3.8) is 0 Å². The fourth-order valence-corrected chi connectivity index (χ4v) is 3.81. The fourth-order valence-electron chi connectivity index (χ4n) is 2.94. The van der Waals surface area contributed by atoms with Crippen LogP contribution in [0, 0.1) is 0 Å². The molecule has 172 valence electrons. The van der Waals surface area contributed by atoms with Crippen LogP contribution in [0.15, 0.2) is 65.2 Å². The molecule has 0 aromatic heterocycles. The van der Waals surface area contributed by atoms with Crippen LogP contribution in [0.5, 0.6) is 0 Å². The summed E-state index contributed by atoms with van der Waals surface area (Å²) in [6.07, 6.45) is -4.39. The van der Waals surface area contributed by atoms with Crippen LogP contribution >= 0.6 is 7.14 Å². The quantitative estimate of drug-likeness (QED) is 0.231. The minimum atomic E-state index is -4.62. The second-order valence-corrected chi connectivity index (χ2v) is 10.9. The first-order chi connectivity index (χ1) is 14.8. The van der Waals surface area contributed by atoms with Crippen molar-refractivity contribution in [2.45, 2.75) is 33.1 Å². The van der Waals surface area contributed by atoms with Gasteiger partial charge in [0, 0.05) is 22.2 Å². The summed E-state index contributed by atoms with van der Waals surface area (Å²) in [6, 6.07) is 13.1. The Morgan fingerprint density at radius 1 is 1.09 bits per heavy atom. The number of anilines is 2. The number of carbonyl (C=O) groups is 1. The summed E-state index contributed by atoms with van der Waals surface area (Å²) in [5.74, 6) is -0.569. The van der Waals surface area contributed by atoms with Gasteiger partial charge in [-0.05, 0) is 70.5 Å². The highest BCUT2D eigenvalue weighted by molar-refractivity contribution is 7.70. The van der Waals surface area contributed by atoms with Gasteiger partial charge in [0.15, 0.2) is 5.78 Å². The third-order valence-corrected chi connectivity index (χ3v) is 6.11. The number of aliphatic imine (C=N–C) groups is 1. The molecule has 0 bridgehead atoms. The van der Waals surface area contributed by atoms with Crippen molar-refractivity contribution in [2.24, 2.45) is 4.99 Å². The van der Waals surface area contributed by atoms with Crippen LogP contribution in [-0.4, -0.2) is 37.3 Å². The van der Waals surface area contributed by atoms with Gasteiger partial charge in [-0.15, -0.1) is 0 Å². The minimum absolute atomic E-state index is 0.198. The molecule has 0 heterocycles. The molecule has 0 radical (unpaired) electrons. The number of halogens is 3. The number of Topliss-reactive ketones (excluding diaryl/α,β-unsaturated/α-hetero) is 1. The zero-order valence-electron chi connectivity index (χ0n) is 18.6. The molecule has 0 saturated carbocycles. The number of benzene rings is 2. The van der Waals surface area contributed by atoms with E-state index in [-0.39, 0.29) is 11.6 Å². The SMILES string of the molecule is C/C=C(\C(=N/C(C)Nc1ccc(P(C)(C)=O)cc1)Nc1cccc(C(C)=O)c1)C(F)(F)F. The fraction of sp³-hybridized carbons (Fsp3) is 0.304. The van der Waals surface area contributed by atoms with E-state index in [2.05, 4.69) is 15.6 Å². The van der Waals surface area contributed by atoms with E-state index in [1.807, 2.05) is 0 Å². The Hall–Kier alpha value is -2.86. The molecule has 1 atom stereocenters. The maximum absolute atomic E-state index is 13.6. The van der Waals surface area contributed by atoms with Crippen LogP contribution in [0.3, 0.4) is 0 Å². The van der Waals surface area contributed by atoms with Crippen LogP contribution < -0.4 is 15.9 Å². The number of hydrogen-bond acceptors (Lipinski definition) is 4. The van der Waals surface area contributed by atoms with Gasteiger partial charge in [0.2, 0.25) is 0 Å². The standard InChI is InChI=1S/C23H27F3N3O2P/c1-6-21(23(24,25)26)22(29-19-9-7-8-17(14-19)15(2)30)28-16(3)27-18-10-12-20(13-11-18)32(4,5)31/h6-14,16,27H,1-5H3,(H,28,29)/b21-6+. The molecular formula is C23H27F3N3O2P. The summed E-state index contributed by atoms with van der Waals surface area (Å²) >= 11 is 0. The number of alkyl halides is 3. The van der Waals surface area contributed by atoms with Crippen molar-refractivity contribution in [1.29, 1.82) is 0 Å². The second kappa shape index (κ2) is 10.2.